The number of carbonyl (C=O) groups excluding carboxylic acids is 1. The highest BCUT2D eigenvalue weighted by Gasteiger charge is 1.93. The van der Waals surface area contributed by atoms with E-state index in [-0.39, 0.29) is 17.8 Å². The minimum Gasteiger partial charge on any atom is -0.784 e. The van der Waals surface area contributed by atoms with Gasteiger partial charge in [-0.05, 0) is 0 Å². The van der Waals surface area contributed by atoms with E-state index in [2.05, 4.69) is 15.0 Å². The van der Waals surface area contributed by atoms with Crippen LogP contribution in [0.15, 0.2) is 0 Å². The van der Waals surface area contributed by atoms with Crippen LogP contribution in [0.5, 0.6) is 0 Å². The molecule has 0 aliphatic heterocycles. The molecular weight excluding hydrogens is 228 g/mol. The maximum Gasteiger partial charge on any atom is 0.226 e. The molecule has 6 N–H and O–H groups in total. The zero-order valence-corrected chi connectivity index (χ0v) is 8.14. The van der Waals surface area contributed by atoms with Crippen molar-refractivity contribution in [3.63, 3.8) is 0 Å². The summed E-state index contributed by atoms with van der Waals surface area (Å²) in [5.41, 5.74) is 15.4. The molecule has 11 heteroatoms. The molecule has 0 amide bonds. The van der Waals surface area contributed by atoms with Crippen molar-refractivity contribution in [1.29, 1.82) is 0 Å². The Morgan fingerprint density at radius 3 is 1.20 bits per heavy atom. The van der Waals surface area contributed by atoms with E-state index in [0.29, 0.717) is 0 Å². The molecule has 86 valence electrons. The van der Waals surface area contributed by atoms with Crippen LogP contribution in [-0.4, -0.2) is 35.1 Å². The number of carbonyl (C=O) groups is 1. The van der Waals surface area contributed by atoms with Crippen molar-refractivity contribution in [1.82, 2.24) is 15.0 Å². The molecule has 0 saturated heterocycles. The Kier molecular flexibility index (Phi) is 9.09. The van der Waals surface area contributed by atoms with E-state index < -0.39 is 11.4 Å². The van der Waals surface area contributed by atoms with Crippen LogP contribution < -0.4 is 17.2 Å². The van der Waals surface area contributed by atoms with E-state index in [1.54, 1.807) is 0 Å². The van der Waals surface area contributed by atoms with Gasteiger partial charge in [-0.2, -0.15) is 15.0 Å². The smallest absolute Gasteiger partial charge is 0.226 e. The zero-order valence-electron chi connectivity index (χ0n) is 7.32. The number of anilines is 3. The third-order valence-corrected chi connectivity index (χ3v) is 0.687. The molecule has 0 bridgehead atoms. The summed E-state index contributed by atoms with van der Waals surface area (Å²) in [5.74, 6) is 0.125. The van der Waals surface area contributed by atoms with Crippen LogP contribution in [0.2, 0.25) is 0 Å². The normalized spacial score (nSPS) is 8.20. The number of hydrogen-bond donors (Lipinski definition) is 3. The summed E-state index contributed by atoms with van der Waals surface area (Å²) in [6, 6.07) is 0. The first-order chi connectivity index (χ1) is 6.91. The fraction of sp³-hybridized carbons (Fsp3) is 0. The molecule has 0 aromatic carbocycles. The number of rotatable bonds is 0. The van der Waals surface area contributed by atoms with Gasteiger partial charge in [0.15, 0.2) is 0 Å². The van der Waals surface area contributed by atoms with E-state index in [1.807, 2.05) is 6.79 Å². The highest BCUT2D eigenvalue weighted by atomic mass is 32.2. The maximum absolute atomic E-state index is 8.44. The van der Waals surface area contributed by atoms with E-state index in [4.69, 9.17) is 35.3 Å². The molecule has 0 atom stereocenters. The third-order valence-electron chi connectivity index (χ3n) is 0.687. The topological polar surface area (TPSA) is 197 Å². The number of nitrogens with two attached hydrogens (primary N) is 3. The number of nitrogen functional groups attached to an aromatic ring is 3. The second kappa shape index (κ2) is 8.74. The Morgan fingerprint density at radius 1 is 0.933 bits per heavy atom. The first-order valence-corrected chi connectivity index (χ1v) is 4.00. The average Bonchev–Trinajstić information content (AvgIpc) is 2.03. The van der Waals surface area contributed by atoms with E-state index in [0.717, 1.165) is 0 Å². The lowest BCUT2D eigenvalue weighted by molar-refractivity contribution is -0.0979. The minimum absolute atomic E-state index is 0.0417. The minimum atomic E-state index is -3.11. The largest absolute Gasteiger partial charge is 0.784 e. The van der Waals surface area contributed by atoms with Gasteiger partial charge in [0.25, 0.3) is 0 Å². The quantitative estimate of drug-likeness (QED) is 0.402. The van der Waals surface area contributed by atoms with Gasteiger partial charge in [-0.15, -0.1) is 11.4 Å². The van der Waals surface area contributed by atoms with Gasteiger partial charge in [-0.25, -0.2) is 0 Å². The summed E-state index contributed by atoms with van der Waals surface area (Å²) in [5, 5.41) is 0. The van der Waals surface area contributed by atoms with Gasteiger partial charge in [0.05, 0.1) is 0 Å². The predicted octanol–water partition coefficient (Wildman–Crippen LogP) is -2.57. The maximum atomic E-state index is 8.44. The standard InChI is InChI=1S/C3H6N6.CH2O.H2O3S/c4-1-7-2(5)9-3(6)8-1;1-2;1-4(2)3/h(H6,4,5,6,7,8,9);1H2;(H2,1,2,3)/p-2. The van der Waals surface area contributed by atoms with Gasteiger partial charge in [-0.1, -0.05) is 0 Å². The van der Waals surface area contributed by atoms with Crippen LogP contribution >= 0.6 is 0 Å². The molecule has 10 nitrogen and oxygen atoms in total. The van der Waals surface area contributed by atoms with Gasteiger partial charge >= 0.3 is 0 Å². The summed E-state index contributed by atoms with van der Waals surface area (Å²) in [7, 11) is 0. The molecule has 0 saturated carbocycles. The lowest BCUT2D eigenvalue weighted by atomic mass is 10.9. The fourth-order valence-electron chi connectivity index (χ4n) is 0.427. The molecule has 1 heterocycles. The highest BCUT2D eigenvalue weighted by molar-refractivity contribution is 7.72. The zero-order chi connectivity index (χ0) is 12.4. The molecule has 0 aliphatic rings. The van der Waals surface area contributed by atoms with Crippen molar-refractivity contribution in [2.45, 2.75) is 0 Å². The van der Waals surface area contributed by atoms with Crippen molar-refractivity contribution in [2.75, 3.05) is 17.2 Å². The lowest BCUT2D eigenvalue weighted by Gasteiger charge is -2.03. The van der Waals surface area contributed by atoms with E-state index in [9.17, 15) is 0 Å². The number of nitrogens with zero attached hydrogens (tertiary/aromatic N) is 3. The van der Waals surface area contributed by atoms with Gasteiger partial charge in [0, 0.05) is 0 Å². The fourth-order valence-corrected chi connectivity index (χ4v) is 0.427. The number of hydrogen-bond acceptors (Lipinski definition) is 10. The first-order valence-electron chi connectivity index (χ1n) is 3.00. The summed E-state index contributed by atoms with van der Waals surface area (Å²) < 4.78 is 25.3. The second-order valence-corrected chi connectivity index (χ2v) is 2.02. The average molecular weight is 236 g/mol. The highest BCUT2D eigenvalue weighted by Crippen LogP contribution is 1.97. The molecule has 1 aromatic rings. The molecule has 0 spiro atoms. The monoisotopic (exact) mass is 236 g/mol. The van der Waals surface area contributed by atoms with Crippen LogP contribution in [-0.2, 0) is 16.2 Å². The molecule has 0 radical (unpaired) electrons. The molecule has 0 unspecified atom stereocenters. The van der Waals surface area contributed by atoms with Crippen LogP contribution in [0.4, 0.5) is 17.8 Å². The van der Waals surface area contributed by atoms with Crippen LogP contribution in [0.1, 0.15) is 0 Å². The first kappa shape index (κ1) is 15.6. The van der Waals surface area contributed by atoms with Crippen LogP contribution in [0.3, 0.4) is 0 Å². The molecule has 0 fully saturated rings. The summed E-state index contributed by atoms with van der Waals surface area (Å²) in [6.45, 7) is 2.00. The summed E-state index contributed by atoms with van der Waals surface area (Å²) in [6.07, 6.45) is 0. The molecular formula is C4H8N6O4S-2. The molecule has 1 rings (SSSR count). The van der Waals surface area contributed by atoms with Crippen LogP contribution in [0.25, 0.3) is 0 Å². The van der Waals surface area contributed by atoms with Crippen molar-refractivity contribution in [2.24, 2.45) is 0 Å². The van der Waals surface area contributed by atoms with Crippen LogP contribution in [0, 0.1) is 0 Å². The third kappa shape index (κ3) is 12.1. The SMILES string of the molecule is C=O.Nc1nc(N)nc(N)n1.O=S([O-])[O-]. The summed E-state index contributed by atoms with van der Waals surface area (Å²) >= 11 is -3.11. The molecule has 0 aliphatic carbocycles. The second-order valence-electron chi connectivity index (χ2n) is 1.61. The summed E-state index contributed by atoms with van der Waals surface area (Å²) in [4.78, 5) is 18.5. The molecule has 1 aromatic heterocycles. The Hall–Kier alpha value is -1.85. The van der Waals surface area contributed by atoms with Crippen molar-refractivity contribution in [3.8, 4) is 0 Å². The van der Waals surface area contributed by atoms with Crippen molar-refractivity contribution in [3.05, 3.63) is 0 Å². The Labute approximate surface area is 87.0 Å². The molecule has 15 heavy (non-hydrogen) atoms. The van der Waals surface area contributed by atoms with Gasteiger partial charge < -0.3 is 31.1 Å². The Bertz CT molecular complexity index is 268. The Balaban J connectivity index is 0. The van der Waals surface area contributed by atoms with E-state index >= 15 is 0 Å². The predicted molar refractivity (Wildman–Crippen MR) is 49.9 cm³/mol. The van der Waals surface area contributed by atoms with Gasteiger partial charge in [0.2, 0.25) is 17.8 Å². The van der Waals surface area contributed by atoms with Gasteiger partial charge in [-0.3, -0.25) is 4.21 Å². The van der Waals surface area contributed by atoms with Crippen molar-refractivity contribution >= 4 is 36.0 Å². The number of aromatic nitrogens is 3. The van der Waals surface area contributed by atoms with Crippen molar-refractivity contribution < 1.29 is 18.1 Å². The van der Waals surface area contributed by atoms with Gasteiger partial charge in [0.1, 0.15) is 6.79 Å². The van der Waals surface area contributed by atoms with E-state index in [1.165, 1.54) is 0 Å². The lowest BCUT2D eigenvalue weighted by Crippen LogP contribution is -2.05. The Morgan fingerprint density at radius 2 is 1.07 bits per heavy atom.